The van der Waals surface area contributed by atoms with Crippen LogP contribution in [-0.4, -0.2) is 23.3 Å². The first kappa shape index (κ1) is 8.10. The van der Waals surface area contributed by atoms with Gasteiger partial charge in [-0.1, -0.05) is 0 Å². The molecule has 4 bridgehead atoms. The first-order chi connectivity index (χ1) is 6.13. The number of hydrogen-bond donors (Lipinski definition) is 0. The van der Waals surface area contributed by atoms with Crippen molar-refractivity contribution in [2.75, 3.05) is 5.75 Å². The van der Waals surface area contributed by atoms with Gasteiger partial charge in [-0.2, -0.15) is 0 Å². The van der Waals surface area contributed by atoms with Gasteiger partial charge in [-0.25, -0.2) is 11.7 Å². The van der Waals surface area contributed by atoms with Gasteiger partial charge in [0.25, 0.3) is 0 Å². The molecule has 4 rings (SSSR count). The molecule has 4 aliphatic rings. The van der Waals surface area contributed by atoms with Crippen LogP contribution in [0.5, 0.6) is 0 Å². The van der Waals surface area contributed by atoms with E-state index in [4.69, 9.17) is 0 Å². The lowest BCUT2D eigenvalue weighted by Gasteiger charge is -2.31. The molecular formula is C11H15OS-. The van der Waals surface area contributed by atoms with Crippen molar-refractivity contribution in [1.82, 2.24) is 0 Å². The number of rotatable bonds is 2. The van der Waals surface area contributed by atoms with Gasteiger partial charge in [0.2, 0.25) is 0 Å². The summed E-state index contributed by atoms with van der Waals surface area (Å²) in [5.74, 6) is 11.4. The zero-order chi connectivity index (χ0) is 9.22. The highest BCUT2D eigenvalue weighted by atomic mass is 32.2. The summed E-state index contributed by atoms with van der Waals surface area (Å²) in [5.41, 5.74) is 0.0714. The summed E-state index contributed by atoms with van der Waals surface area (Å²) in [7, 11) is -0.0535. The zero-order valence-corrected chi connectivity index (χ0v) is 8.61. The van der Waals surface area contributed by atoms with E-state index in [0.29, 0.717) is 17.6 Å². The summed E-state index contributed by atoms with van der Waals surface area (Å²) in [5, 5.41) is 0. The molecule has 4 aliphatic carbocycles. The number of Topliss-reactive ketones (excluding diaryl/α,β-unsaturated/α-hetero) is 1. The van der Waals surface area contributed by atoms with E-state index < -0.39 is 0 Å². The van der Waals surface area contributed by atoms with Crippen molar-refractivity contribution in [2.24, 2.45) is 23.2 Å². The van der Waals surface area contributed by atoms with Gasteiger partial charge in [-0.05, 0) is 31.1 Å². The number of hydrogen-bond acceptors (Lipinski definition) is 2. The third-order valence-electron chi connectivity index (χ3n) is 4.39. The van der Waals surface area contributed by atoms with Gasteiger partial charge >= 0.3 is 0 Å². The van der Waals surface area contributed by atoms with Crippen LogP contribution >= 0.6 is 0 Å². The fourth-order valence-electron chi connectivity index (χ4n) is 4.04. The first-order valence-corrected chi connectivity index (χ1v) is 6.71. The molecule has 72 valence electrons. The summed E-state index contributed by atoms with van der Waals surface area (Å²) in [6.45, 7) is 0. The van der Waals surface area contributed by atoms with Gasteiger partial charge in [0.1, 0.15) is 5.78 Å². The molecule has 0 amide bonds. The van der Waals surface area contributed by atoms with Gasteiger partial charge in [-0.3, -0.25) is 4.79 Å². The second kappa shape index (κ2) is 2.22. The lowest BCUT2D eigenvalue weighted by Crippen LogP contribution is -2.32. The third kappa shape index (κ3) is 0.786. The molecule has 13 heavy (non-hydrogen) atoms. The van der Waals surface area contributed by atoms with Crippen LogP contribution in [0.1, 0.15) is 19.3 Å². The lowest BCUT2D eigenvalue weighted by molar-refractivity contribution is -0.126. The zero-order valence-electron chi connectivity index (χ0n) is 7.79. The molecule has 4 unspecified atom stereocenters. The molecule has 0 aromatic rings. The summed E-state index contributed by atoms with van der Waals surface area (Å²) in [6, 6.07) is 0. The highest BCUT2D eigenvalue weighted by Crippen LogP contribution is 2.67. The molecule has 0 saturated heterocycles. The van der Waals surface area contributed by atoms with E-state index >= 15 is 0 Å². The first-order valence-electron chi connectivity index (χ1n) is 4.98. The number of ketones is 1. The van der Waals surface area contributed by atoms with Crippen LogP contribution < -0.4 is 0 Å². The highest BCUT2D eigenvalue weighted by Gasteiger charge is 2.66. The van der Waals surface area contributed by atoms with Crippen molar-refractivity contribution in [1.29, 1.82) is 0 Å². The Morgan fingerprint density at radius 2 is 2.23 bits per heavy atom. The Morgan fingerprint density at radius 3 is 2.62 bits per heavy atom. The standard InChI is InChI=1S/C11H15OS/c1-13(2)6-11-5-7-3-8(11)4-9(7)10(11)12/h7-9H,1-6H2/q-1. The molecule has 4 atom stereocenters. The predicted molar refractivity (Wildman–Crippen MR) is 58.2 cm³/mol. The monoisotopic (exact) mass is 195 g/mol. The highest BCUT2D eigenvalue weighted by molar-refractivity contribution is 7.91. The average Bonchev–Trinajstić information content (AvgIpc) is 2.66. The van der Waals surface area contributed by atoms with Crippen LogP contribution in [0.4, 0.5) is 0 Å². The van der Waals surface area contributed by atoms with Crippen LogP contribution in [0.3, 0.4) is 0 Å². The third-order valence-corrected chi connectivity index (χ3v) is 5.32. The molecule has 0 radical (unpaired) electrons. The van der Waals surface area contributed by atoms with Crippen LogP contribution in [0.15, 0.2) is 0 Å². The van der Waals surface area contributed by atoms with E-state index in [9.17, 15) is 4.79 Å². The minimum atomic E-state index is -0.0535. The predicted octanol–water partition coefficient (Wildman–Crippen LogP) is 1.08. The molecule has 0 spiro atoms. The van der Waals surface area contributed by atoms with Crippen LogP contribution in [0, 0.1) is 23.2 Å². The van der Waals surface area contributed by atoms with E-state index in [2.05, 4.69) is 11.7 Å². The Morgan fingerprint density at radius 1 is 1.46 bits per heavy atom. The molecule has 0 aromatic carbocycles. The molecule has 0 heterocycles. The second-order valence-corrected chi connectivity index (χ2v) is 6.53. The minimum absolute atomic E-state index is 0.0535. The van der Waals surface area contributed by atoms with Crippen molar-refractivity contribution in [3.8, 4) is 0 Å². The van der Waals surface area contributed by atoms with Crippen LogP contribution in [-0.2, 0) is 14.9 Å². The van der Waals surface area contributed by atoms with E-state index in [0.717, 1.165) is 11.7 Å². The van der Waals surface area contributed by atoms with Crippen molar-refractivity contribution in [3.05, 3.63) is 0 Å². The number of carbonyl (C=O) groups is 1. The Bertz CT molecular complexity index is 347. The molecule has 4 saturated carbocycles. The molecule has 0 aliphatic heterocycles. The van der Waals surface area contributed by atoms with E-state index in [1.807, 2.05) is 0 Å². The van der Waals surface area contributed by atoms with Gasteiger partial charge in [0, 0.05) is 11.3 Å². The van der Waals surface area contributed by atoms with E-state index in [1.54, 1.807) is 0 Å². The molecular weight excluding hydrogens is 180 g/mol. The summed E-state index contributed by atoms with van der Waals surface area (Å²) in [6.07, 6.45) is 3.70. The van der Waals surface area contributed by atoms with Crippen molar-refractivity contribution in [3.63, 3.8) is 0 Å². The Kier molecular flexibility index (Phi) is 1.38. The van der Waals surface area contributed by atoms with Gasteiger partial charge in [0.05, 0.1) is 0 Å². The summed E-state index contributed by atoms with van der Waals surface area (Å²) >= 11 is 0. The quantitative estimate of drug-likeness (QED) is 0.476. The largest absolute Gasteiger partial charge is 0.484 e. The fourth-order valence-corrected chi connectivity index (χ4v) is 5.26. The number of carbonyl (C=O) groups excluding carboxylic acids is 1. The Labute approximate surface area is 81.0 Å². The van der Waals surface area contributed by atoms with E-state index in [-0.39, 0.29) is 15.5 Å². The van der Waals surface area contributed by atoms with Gasteiger partial charge < -0.3 is 10.1 Å². The topological polar surface area (TPSA) is 17.1 Å². The summed E-state index contributed by atoms with van der Waals surface area (Å²) < 4.78 is 0. The minimum Gasteiger partial charge on any atom is -0.484 e. The molecule has 2 heteroatoms. The average molecular weight is 195 g/mol. The van der Waals surface area contributed by atoms with Crippen molar-refractivity contribution in [2.45, 2.75) is 19.3 Å². The second-order valence-electron chi connectivity index (χ2n) is 5.02. The molecule has 0 N–H and O–H groups in total. The van der Waals surface area contributed by atoms with Gasteiger partial charge in [0.15, 0.2) is 0 Å². The fraction of sp³-hybridized carbons (Fsp3) is 0.727. The maximum absolute atomic E-state index is 12.0. The SMILES string of the molecule is C=[S-](=C)CC12CC3CC1CC3C2=O. The smallest absolute Gasteiger partial charge is 0.140 e. The van der Waals surface area contributed by atoms with Crippen molar-refractivity contribution >= 4 is 27.6 Å². The molecule has 1 nitrogen and oxygen atoms in total. The maximum Gasteiger partial charge on any atom is 0.140 e. The maximum atomic E-state index is 12.0. The van der Waals surface area contributed by atoms with Crippen molar-refractivity contribution < 1.29 is 4.79 Å². The molecule has 0 aromatic heterocycles. The normalized spacial score (nSPS) is 51.5. The molecule has 4 fully saturated rings. The lowest BCUT2D eigenvalue weighted by atomic mass is 9.82. The Balaban J connectivity index is 2.04. The Hall–Kier alpha value is -0.240. The van der Waals surface area contributed by atoms with Gasteiger partial charge in [-0.15, -0.1) is 5.75 Å². The summed E-state index contributed by atoms with van der Waals surface area (Å²) in [4.78, 5) is 12.0. The van der Waals surface area contributed by atoms with Crippen LogP contribution in [0.25, 0.3) is 0 Å². The van der Waals surface area contributed by atoms with E-state index in [1.165, 1.54) is 19.3 Å². The van der Waals surface area contributed by atoms with Crippen LogP contribution in [0.2, 0.25) is 0 Å².